The van der Waals surface area contributed by atoms with Crippen LogP contribution < -0.4 is 5.56 Å². The average molecular weight is 473 g/mol. The lowest BCUT2D eigenvalue weighted by molar-refractivity contribution is -0.385. The number of carbonyl (C=O) groups excluding carboxylic acids is 1. The minimum absolute atomic E-state index is 0.202. The van der Waals surface area contributed by atoms with E-state index in [0.717, 1.165) is 58.0 Å². The number of carbonyl (C=O) groups is 1. The Balaban J connectivity index is 1.32. The number of nitrogens with zero attached hydrogens (tertiary/aromatic N) is 4. The quantitative estimate of drug-likeness (QED) is 0.405. The maximum Gasteiger partial charge on any atom is 0.285 e. The van der Waals surface area contributed by atoms with Gasteiger partial charge in [-0.15, -0.1) is 11.3 Å². The van der Waals surface area contributed by atoms with Gasteiger partial charge >= 0.3 is 0 Å². The van der Waals surface area contributed by atoms with Crippen molar-refractivity contribution in [2.75, 3.05) is 26.2 Å². The molecule has 3 aromatic rings. The fraction of sp³-hybridized carbons (Fsp3) is 0.273. The molecule has 1 amide bonds. The van der Waals surface area contributed by atoms with Gasteiger partial charge in [0, 0.05) is 65.2 Å². The summed E-state index contributed by atoms with van der Waals surface area (Å²) in [7, 11) is 0. The van der Waals surface area contributed by atoms with Crippen LogP contribution in [0.5, 0.6) is 0 Å². The van der Waals surface area contributed by atoms with E-state index >= 15 is 0 Å². The molecule has 3 heterocycles. The molecule has 4 rings (SSSR count). The van der Waals surface area contributed by atoms with Crippen LogP contribution in [0.2, 0.25) is 5.02 Å². The molecule has 1 saturated heterocycles. The summed E-state index contributed by atoms with van der Waals surface area (Å²) in [5, 5.41) is 11.7. The Morgan fingerprint density at radius 3 is 2.53 bits per heavy atom. The third-order valence-electron chi connectivity index (χ3n) is 5.39. The maximum absolute atomic E-state index is 12.6. The zero-order valence-electron chi connectivity index (χ0n) is 17.1. The smallest absolute Gasteiger partial charge is 0.285 e. The second kappa shape index (κ2) is 9.64. The SMILES string of the molecule is O=C(Cn1cc([N+](=O)[O-])ccc1=O)N1CCN(Cc2ccc(-c3ccccc3Cl)s2)CC1. The highest BCUT2D eigenvalue weighted by molar-refractivity contribution is 7.15. The molecule has 1 aromatic carbocycles. The van der Waals surface area contributed by atoms with Gasteiger partial charge in [0.1, 0.15) is 6.54 Å². The number of halogens is 1. The van der Waals surface area contributed by atoms with Crippen molar-refractivity contribution in [3.05, 3.63) is 85.1 Å². The van der Waals surface area contributed by atoms with Crippen molar-refractivity contribution in [3.63, 3.8) is 0 Å². The predicted molar refractivity (Wildman–Crippen MR) is 124 cm³/mol. The minimum atomic E-state index is -0.582. The molecule has 1 aliphatic rings. The van der Waals surface area contributed by atoms with Crippen molar-refractivity contribution in [1.29, 1.82) is 0 Å². The first kappa shape index (κ1) is 22.2. The Morgan fingerprint density at radius 1 is 1.06 bits per heavy atom. The monoisotopic (exact) mass is 472 g/mol. The van der Waals surface area contributed by atoms with Crippen molar-refractivity contribution in [3.8, 4) is 10.4 Å². The van der Waals surface area contributed by atoms with E-state index in [0.29, 0.717) is 13.1 Å². The lowest BCUT2D eigenvalue weighted by Gasteiger charge is -2.34. The number of benzene rings is 1. The van der Waals surface area contributed by atoms with Crippen LogP contribution in [0, 0.1) is 10.1 Å². The molecule has 0 N–H and O–H groups in total. The summed E-state index contributed by atoms with van der Waals surface area (Å²) in [6, 6.07) is 14.2. The lowest BCUT2D eigenvalue weighted by atomic mass is 10.2. The molecule has 32 heavy (non-hydrogen) atoms. The standard InChI is InChI=1S/C22H21ClN4O4S/c23-19-4-2-1-3-18(19)20-7-6-17(32-20)14-24-9-11-25(12-10-24)22(29)15-26-13-16(27(30)31)5-8-21(26)28/h1-8,13H,9-12,14-15H2. The first-order chi connectivity index (χ1) is 15.4. The highest BCUT2D eigenvalue weighted by atomic mass is 35.5. The van der Waals surface area contributed by atoms with E-state index in [1.165, 1.54) is 4.88 Å². The van der Waals surface area contributed by atoms with Crippen LogP contribution in [0.1, 0.15) is 4.88 Å². The molecule has 2 aromatic heterocycles. The third kappa shape index (κ3) is 5.07. The number of hydrogen-bond donors (Lipinski definition) is 0. The number of piperazine rings is 1. The predicted octanol–water partition coefficient (Wildman–Crippen LogP) is 3.48. The number of amides is 1. The molecule has 10 heteroatoms. The molecule has 0 spiro atoms. The van der Waals surface area contributed by atoms with Crippen LogP contribution in [0.25, 0.3) is 10.4 Å². The first-order valence-corrected chi connectivity index (χ1v) is 11.3. The van der Waals surface area contributed by atoms with Crippen molar-refractivity contribution in [2.45, 2.75) is 13.1 Å². The van der Waals surface area contributed by atoms with E-state index in [-0.39, 0.29) is 18.1 Å². The average Bonchev–Trinajstić information content (AvgIpc) is 3.24. The number of thiophene rings is 1. The van der Waals surface area contributed by atoms with Gasteiger partial charge in [-0.1, -0.05) is 29.8 Å². The first-order valence-electron chi connectivity index (χ1n) is 10.1. The van der Waals surface area contributed by atoms with Gasteiger partial charge in [-0.3, -0.25) is 29.2 Å². The Kier molecular flexibility index (Phi) is 6.69. The summed E-state index contributed by atoms with van der Waals surface area (Å²) in [5.74, 6) is -0.218. The number of aromatic nitrogens is 1. The normalized spacial score (nSPS) is 14.5. The summed E-state index contributed by atoms with van der Waals surface area (Å²) in [6.07, 6.45) is 1.11. The van der Waals surface area contributed by atoms with E-state index in [2.05, 4.69) is 17.0 Å². The molecule has 166 valence electrons. The van der Waals surface area contributed by atoms with E-state index < -0.39 is 10.5 Å². The Bertz CT molecular complexity index is 1200. The summed E-state index contributed by atoms with van der Waals surface area (Å²) in [4.78, 5) is 41.2. The minimum Gasteiger partial charge on any atom is -0.339 e. The lowest BCUT2D eigenvalue weighted by Crippen LogP contribution is -2.49. The van der Waals surface area contributed by atoms with Gasteiger partial charge in [0.15, 0.2) is 0 Å². The zero-order chi connectivity index (χ0) is 22.7. The second-order valence-corrected chi connectivity index (χ2v) is 9.09. The molecule has 0 radical (unpaired) electrons. The topological polar surface area (TPSA) is 88.7 Å². The Labute approximate surface area is 193 Å². The fourth-order valence-electron chi connectivity index (χ4n) is 3.64. The fourth-order valence-corrected chi connectivity index (χ4v) is 5.02. The molecule has 1 fully saturated rings. The molecular weight excluding hydrogens is 452 g/mol. The highest BCUT2D eigenvalue weighted by Crippen LogP contribution is 2.33. The van der Waals surface area contributed by atoms with Crippen LogP contribution in [0.4, 0.5) is 5.69 Å². The molecule has 8 nitrogen and oxygen atoms in total. The van der Waals surface area contributed by atoms with E-state index in [9.17, 15) is 19.7 Å². The number of nitro groups is 1. The van der Waals surface area contributed by atoms with Crippen LogP contribution in [0.3, 0.4) is 0 Å². The number of hydrogen-bond acceptors (Lipinski definition) is 6. The zero-order valence-corrected chi connectivity index (χ0v) is 18.7. The van der Waals surface area contributed by atoms with Crippen LogP contribution in [-0.4, -0.2) is 51.4 Å². The Morgan fingerprint density at radius 2 is 1.81 bits per heavy atom. The number of pyridine rings is 1. The van der Waals surface area contributed by atoms with Gasteiger partial charge in [-0.05, 0) is 18.2 Å². The molecule has 1 aliphatic heterocycles. The molecular formula is C22H21ClN4O4S. The van der Waals surface area contributed by atoms with Crippen molar-refractivity contribution < 1.29 is 9.72 Å². The van der Waals surface area contributed by atoms with E-state index in [1.807, 2.05) is 24.3 Å². The molecule has 0 aliphatic carbocycles. The second-order valence-electron chi connectivity index (χ2n) is 7.51. The van der Waals surface area contributed by atoms with Gasteiger partial charge < -0.3 is 4.90 Å². The van der Waals surface area contributed by atoms with Gasteiger partial charge in [0.2, 0.25) is 5.91 Å². The summed E-state index contributed by atoms with van der Waals surface area (Å²) in [6.45, 7) is 3.12. The third-order valence-corrected chi connectivity index (χ3v) is 6.82. The summed E-state index contributed by atoms with van der Waals surface area (Å²) < 4.78 is 1.09. The van der Waals surface area contributed by atoms with Gasteiger partial charge in [-0.25, -0.2) is 0 Å². The van der Waals surface area contributed by atoms with Crippen molar-refractivity contribution in [1.82, 2.24) is 14.4 Å². The van der Waals surface area contributed by atoms with Crippen LogP contribution in [-0.2, 0) is 17.9 Å². The number of rotatable bonds is 6. The molecule has 0 unspecified atom stereocenters. The molecule has 0 atom stereocenters. The summed E-state index contributed by atoms with van der Waals surface area (Å²) >= 11 is 8.01. The molecule has 0 saturated carbocycles. The van der Waals surface area contributed by atoms with Gasteiger partial charge in [-0.2, -0.15) is 0 Å². The largest absolute Gasteiger partial charge is 0.339 e. The van der Waals surface area contributed by atoms with Crippen molar-refractivity contribution >= 4 is 34.5 Å². The van der Waals surface area contributed by atoms with Gasteiger partial charge in [0.25, 0.3) is 11.2 Å². The maximum atomic E-state index is 12.6. The van der Waals surface area contributed by atoms with Crippen molar-refractivity contribution in [2.24, 2.45) is 0 Å². The van der Waals surface area contributed by atoms with E-state index in [1.54, 1.807) is 16.2 Å². The van der Waals surface area contributed by atoms with Crippen LogP contribution in [0.15, 0.2) is 59.5 Å². The van der Waals surface area contributed by atoms with Crippen LogP contribution >= 0.6 is 22.9 Å². The summed E-state index contributed by atoms with van der Waals surface area (Å²) in [5.41, 5.74) is 0.376. The highest BCUT2D eigenvalue weighted by Gasteiger charge is 2.22. The molecule has 0 bridgehead atoms. The Hall–Kier alpha value is -3.01. The van der Waals surface area contributed by atoms with E-state index in [4.69, 9.17) is 11.6 Å². The van der Waals surface area contributed by atoms with Gasteiger partial charge in [0.05, 0.1) is 11.1 Å².